The minimum Gasteiger partial charge on any atom is -0.478 e. The number of benzene rings is 1. The first kappa shape index (κ1) is 12.6. The molecular formula is C13H11BrN2O2. The van der Waals surface area contributed by atoms with E-state index in [1.54, 1.807) is 0 Å². The molecule has 0 aliphatic carbocycles. The van der Waals surface area contributed by atoms with Gasteiger partial charge in [0.25, 0.3) is 0 Å². The molecule has 0 atom stereocenters. The van der Waals surface area contributed by atoms with E-state index >= 15 is 0 Å². The number of carboxylic acid groups (broad SMARTS) is 1. The van der Waals surface area contributed by atoms with Gasteiger partial charge in [0.1, 0.15) is 5.82 Å². The Labute approximate surface area is 113 Å². The van der Waals surface area contributed by atoms with Gasteiger partial charge in [0.05, 0.1) is 5.56 Å². The molecule has 1 heterocycles. The summed E-state index contributed by atoms with van der Waals surface area (Å²) in [5.74, 6) is -0.462. The molecule has 0 spiro atoms. The zero-order chi connectivity index (χ0) is 13.1. The molecule has 0 saturated heterocycles. The van der Waals surface area contributed by atoms with Crippen LogP contribution < -0.4 is 5.32 Å². The van der Waals surface area contributed by atoms with Gasteiger partial charge in [-0.25, -0.2) is 9.78 Å². The summed E-state index contributed by atoms with van der Waals surface area (Å²) in [6, 6.07) is 8.75. The number of carbonyl (C=O) groups is 1. The maximum absolute atomic E-state index is 10.8. The first-order valence-corrected chi connectivity index (χ1v) is 6.08. The lowest BCUT2D eigenvalue weighted by Gasteiger charge is -2.07. The lowest BCUT2D eigenvalue weighted by Crippen LogP contribution is -1.99. The van der Waals surface area contributed by atoms with Crippen molar-refractivity contribution in [1.82, 2.24) is 4.98 Å². The molecule has 4 nitrogen and oxygen atoms in total. The molecule has 0 radical (unpaired) electrons. The molecule has 0 unspecified atom stereocenters. The predicted octanol–water partition coefficient (Wildman–Crippen LogP) is 3.59. The maximum atomic E-state index is 10.8. The van der Waals surface area contributed by atoms with Crippen LogP contribution in [0.1, 0.15) is 15.9 Å². The van der Waals surface area contributed by atoms with Gasteiger partial charge in [0, 0.05) is 16.4 Å². The lowest BCUT2D eigenvalue weighted by atomic mass is 10.2. The summed E-state index contributed by atoms with van der Waals surface area (Å²) in [5, 5.41) is 12.0. The third-order valence-electron chi connectivity index (χ3n) is 2.45. The standard InChI is InChI=1S/C13H11BrN2O2/c1-8-2-3-10(7-11(8)14)16-12-6-9(13(17)18)4-5-15-12/h2-7H,1H3,(H,15,16)(H,17,18). The van der Waals surface area contributed by atoms with Crippen molar-refractivity contribution >= 4 is 33.4 Å². The summed E-state index contributed by atoms with van der Waals surface area (Å²) in [6.07, 6.45) is 1.47. The van der Waals surface area contributed by atoms with Crippen LogP contribution in [0.5, 0.6) is 0 Å². The Morgan fingerprint density at radius 3 is 2.78 bits per heavy atom. The quantitative estimate of drug-likeness (QED) is 0.909. The summed E-state index contributed by atoms with van der Waals surface area (Å²) < 4.78 is 0.988. The molecule has 2 aromatic rings. The second kappa shape index (κ2) is 5.18. The van der Waals surface area contributed by atoms with Gasteiger partial charge in [0.15, 0.2) is 0 Å². The number of aromatic carboxylic acids is 1. The van der Waals surface area contributed by atoms with Crippen molar-refractivity contribution in [3.8, 4) is 0 Å². The van der Waals surface area contributed by atoms with Crippen molar-refractivity contribution in [2.75, 3.05) is 5.32 Å². The summed E-state index contributed by atoms with van der Waals surface area (Å²) in [6.45, 7) is 2.00. The smallest absolute Gasteiger partial charge is 0.335 e. The van der Waals surface area contributed by atoms with Gasteiger partial charge in [-0.05, 0) is 36.8 Å². The molecule has 2 rings (SSSR count). The van der Waals surface area contributed by atoms with Crippen LogP contribution >= 0.6 is 15.9 Å². The second-order valence-electron chi connectivity index (χ2n) is 3.82. The summed E-state index contributed by atoms with van der Waals surface area (Å²) in [5.41, 5.74) is 2.19. The van der Waals surface area contributed by atoms with E-state index in [2.05, 4.69) is 26.2 Å². The highest BCUT2D eigenvalue weighted by Crippen LogP contribution is 2.23. The summed E-state index contributed by atoms with van der Waals surface area (Å²) in [4.78, 5) is 14.9. The van der Waals surface area contributed by atoms with E-state index in [4.69, 9.17) is 5.11 Å². The Morgan fingerprint density at radius 1 is 1.33 bits per heavy atom. The molecule has 0 aliphatic rings. The van der Waals surface area contributed by atoms with Crippen LogP contribution in [0.3, 0.4) is 0 Å². The number of carboxylic acids is 1. The van der Waals surface area contributed by atoms with Crippen molar-refractivity contribution in [2.45, 2.75) is 6.92 Å². The third-order valence-corrected chi connectivity index (χ3v) is 3.31. The summed E-state index contributed by atoms with van der Waals surface area (Å²) in [7, 11) is 0. The molecule has 5 heteroatoms. The van der Waals surface area contributed by atoms with Crippen molar-refractivity contribution < 1.29 is 9.90 Å². The topological polar surface area (TPSA) is 62.2 Å². The monoisotopic (exact) mass is 306 g/mol. The van der Waals surface area contributed by atoms with Crippen molar-refractivity contribution in [1.29, 1.82) is 0 Å². The number of hydrogen-bond acceptors (Lipinski definition) is 3. The average Bonchev–Trinajstić information content (AvgIpc) is 2.34. The number of nitrogens with zero attached hydrogens (tertiary/aromatic N) is 1. The average molecular weight is 307 g/mol. The van der Waals surface area contributed by atoms with Crippen LogP contribution in [0.2, 0.25) is 0 Å². The van der Waals surface area contributed by atoms with E-state index in [0.717, 1.165) is 15.7 Å². The van der Waals surface area contributed by atoms with E-state index in [9.17, 15) is 4.79 Å². The minimum absolute atomic E-state index is 0.207. The number of halogens is 1. The van der Waals surface area contributed by atoms with E-state index in [-0.39, 0.29) is 5.56 Å². The van der Waals surface area contributed by atoms with Crippen molar-refractivity contribution in [2.24, 2.45) is 0 Å². The molecule has 0 amide bonds. The van der Waals surface area contributed by atoms with Crippen LogP contribution in [-0.4, -0.2) is 16.1 Å². The fourth-order valence-corrected chi connectivity index (χ4v) is 1.83. The normalized spacial score (nSPS) is 10.1. The Hall–Kier alpha value is -1.88. The molecule has 0 saturated carbocycles. The molecule has 18 heavy (non-hydrogen) atoms. The fraction of sp³-hybridized carbons (Fsp3) is 0.0769. The van der Waals surface area contributed by atoms with Gasteiger partial charge < -0.3 is 10.4 Å². The first-order chi connectivity index (χ1) is 8.56. The number of rotatable bonds is 3. The van der Waals surface area contributed by atoms with Gasteiger partial charge in [-0.1, -0.05) is 22.0 Å². The second-order valence-corrected chi connectivity index (χ2v) is 4.68. The number of hydrogen-bond donors (Lipinski definition) is 2. The van der Waals surface area contributed by atoms with Gasteiger partial charge in [0.2, 0.25) is 0 Å². The van der Waals surface area contributed by atoms with Gasteiger partial charge >= 0.3 is 5.97 Å². The van der Waals surface area contributed by atoms with E-state index < -0.39 is 5.97 Å². The molecule has 0 fully saturated rings. The number of aryl methyl sites for hydroxylation is 1. The van der Waals surface area contributed by atoms with Gasteiger partial charge in [-0.15, -0.1) is 0 Å². The zero-order valence-electron chi connectivity index (χ0n) is 9.64. The largest absolute Gasteiger partial charge is 0.478 e. The van der Waals surface area contributed by atoms with Crippen LogP contribution in [0.15, 0.2) is 41.0 Å². The number of nitrogens with one attached hydrogen (secondary N) is 1. The Bertz CT molecular complexity index is 599. The van der Waals surface area contributed by atoms with E-state index in [1.165, 1.54) is 18.3 Å². The van der Waals surface area contributed by atoms with Crippen molar-refractivity contribution in [3.63, 3.8) is 0 Å². The van der Waals surface area contributed by atoms with Crippen LogP contribution in [-0.2, 0) is 0 Å². The zero-order valence-corrected chi connectivity index (χ0v) is 11.2. The number of pyridine rings is 1. The Kier molecular flexibility index (Phi) is 3.62. The minimum atomic E-state index is -0.967. The van der Waals surface area contributed by atoms with Crippen LogP contribution in [0, 0.1) is 6.92 Å². The molecule has 0 aliphatic heterocycles. The molecule has 1 aromatic carbocycles. The predicted molar refractivity (Wildman–Crippen MR) is 73.4 cm³/mol. The Balaban J connectivity index is 2.25. The lowest BCUT2D eigenvalue weighted by molar-refractivity contribution is 0.0697. The molecule has 1 aromatic heterocycles. The van der Waals surface area contributed by atoms with E-state index in [1.807, 2.05) is 25.1 Å². The maximum Gasteiger partial charge on any atom is 0.335 e. The SMILES string of the molecule is Cc1ccc(Nc2cc(C(=O)O)ccn2)cc1Br. The van der Waals surface area contributed by atoms with Gasteiger partial charge in [-0.3, -0.25) is 0 Å². The number of anilines is 2. The van der Waals surface area contributed by atoms with Gasteiger partial charge in [-0.2, -0.15) is 0 Å². The fourth-order valence-electron chi connectivity index (χ4n) is 1.45. The van der Waals surface area contributed by atoms with Crippen molar-refractivity contribution in [3.05, 3.63) is 52.1 Å². The molecule has 2 N–H and O–H groups in total. The third kappa shape index (κ3) is 2.87. The Morgan fingerprint density at radius 2 is 2.11 bits per heavy atom. The first-order valence-electron chi connectivity index (χ1n) is 5.29. The van der Waals surface area contributed by atoms with Crippen LogP contribution in [0.25, 0.3) is 0 Å². The highest BCUT2D eigenvalue weighted by Gasteiger charge is 2.05. The van der Waals surface area contributed by atoms with E-state index in [0.29, 0.717) is 5.82 Å². The summed E-state index contributed by atoms with van der Waals surface area (Å²) >= 11 is 3.44. The molecule has 92 valence electrons. The molecule has 0 bridgehead atoms. The number of aromatic nitrogens is 1. The highest BCUT2D eigenvalue weighted by atomic mass is 79.9. The van der Waals surface area contributed by atoms with Crippen LogP contribution in [0.4, 0.5) is 11.5 Å². The molecular weight excluding hydrogens is 296 g/mol. The highest BCUT2D eigenvalue weighted by molar-refractivity contribution is 9.10.